The SMILES string of the molecule is CC(=O)N1CCCC[C@@H]1C(=O)NCCCSc1ccc(F)cc1. The molecule has 1 fully saturated rings. The lowest BCUT2D eigenvalue weighted by atomic mass is 10.0. The number of piperidine rings is 1. The molecule has 0 aromatic heterocycles. The molecule has 0 spiro atoms. The van der Waals surface area contributed by atoms with Gasteiger partial charge >= 0.3 is 0 Å². The van der Waals surface area contributed by atoms with Crippen molar-refractivity contribution >= 4 is 23.6 Å². The van der Waals surface area contributed by atoms with Gasteiger partial charge in [0.2, 0.25) is 11.8 Å². The van der Waals surface area contributed by atoms with Gasteiger partial charge in [0.1, 0.15) is 11.9 Å². The Balaban J connectivity index is 1.67. The quantitative estimate of drug-likeness (QED) is 0.641. The molecule has 1 saturated heterocycles. The third-order valence-electron chi connectivity index (χ3n) is 3.91. The van der Waals surface area contributed by atoms with Crippen molar-refractivity contribution in [3.63, 3.8) is 0 Å². The van der Waals surface area contributed by atoms with Crippen LogP contribution in [-0.2, 0) is 9.59 Å². The summed E-state index contributed by atoms with van der Waals surface area (Å²) in [5.41, 5.74) is 0. The number of hydrogen-bond donors (Lipinski definition) is 1. The summed E-state index contributed by atoms with van der Waals surface area (Å²) in [4.78, 5) is 26.5. The van der Waals surface area contributed by atoms with Crippen LogP contribution in [0.3, 0.4) is 0 Å². The number of amides is 2. The Labute approximate surface area is 140 Å². The molecule has 1 heterocycles. The predicted molar refractivity (Wildman–Crippen MR) is 89.8 cm³/mol. The Morgan fingerprint density at radius 3 is 2.74 bits per heavy atom. The van der Waals surface area contributed by atoms with Gasteiger partial charge < -0.3 is 10.2 Å². The first-order valence-electron chi connectivity index (χ1n) is 8.01. The van der Waals surface area contributed by atoms with E-state index in [-0.39, 0.29) is 23.7 Å². The minimum absolute atomic E-state index is 0.0308. The molecule has 2 rings (SSSR count). The lowest BCUT2D eigenvalue weighted by Gasteiger charge is -2.33. The molecular weight excluding hydrogens is 315 g/mol. The van der Waals surface area contributed by atoms with Gasteiger partial charge in [-0.2, -0.15) is 0 Å². The highest BCUT2D eigenvalue weighted by molar-refractivity contribution is 7.99. The van der Waals surface area contributed by atoms with Crippen LogP contribution in [0.25, 0.3) is 0 Å². The second-order valence-electron chi connectivity index (χ2n) is 5.67. The van der Waals surface area contributed by atoms with Gasteiger partial charge in [-0.05, 0) is 55.7 Å². The van der Waals surface area contributed by atoms with Crippen LogP contribution in [0, 0.1) is 5.82 Å². The van der Waals surface area contributed by atoms with Gasteiger partial charge in [0.15, 0.2) is 0 Å². The van der Waals surface area contributed by atoms with E-state index in [0.29, 0.717) is 13.1 Å². The monoisotopic (exact) mass is 338 g/mol. The fourth-order valence-electron chi connectivity index (χ4n) is 2.70. The van der Waals surface area contributed by atoms with Crippen LogP contribution >= 0.6 is 11.8 Å². The zero-order chi connectivity index (χ0) is 16.7. The minimum Gasteiger partial charge on any atom is -0.354 e. The van der Waals surface area contributed by atoms with Gasteiger partial charge in [0, 0.05) is 24.9 Å². The van der Waals surface area contributed by atoms with Crippen molar-refractivity contribution in [2.45, 2.75) is 43.5 Å². The first-order chi connectivity index (χ1) is 11.1. The van der Waals surface area contributed by atoms with Gasteiger partial charge in [-0.25, -0.2) is 4.39 Å². The molecule has 1 N–H and O–H groups in total. The van der Waals surface area contributed by atoms with E-state index < -0.39 is 0 Å². The highest BCUT2D eigenvalue weighted by Crippen LogP contribution is 2.19. The molecule has 1 aliphatic rings. The fourth-order valence-corrected chi connectivity index (χ4v) is 3.56. The topological polar surface area (TPSA) is 49.4 Å². The van der Waals surface area contributed by atoms with Gasteiger partial charge in [-0.3, -0.25) is 9.59 Å². The molecule has 1 aromatic rings. The molecule has 23 heavy (non-hydrogen) atoms. The fraction of sp³-hybridized carbons (Fsp3) is 0.529. The summed E-state index contributed by atoms with van der Waals surface area (Å²) in [6.45, 7) is 2.79. The first kappa shape index (κ1) is 17.8. The highest BCUT2D eigenvalue weighted by atomic mass is 32.2. The number of carbonyl (C=O) groups excluding carboxylic acids is 2. The van der Waals surface area contributed by atoms with Crippen molar-refractivity contribution < 1.29 is 14.0 Å². The number of nitrogens with one attached hydrogen (secondary N) is 1. The normalized spacial score (nSPS) is 17.8. The maximum absolute atomic E-state index is 12.8. The molecule has 2 amide bonds. The molecule has 6 heteroatoms. The maximum atomic E-state index is 12.8. The van der Waals surface area contributed by atoms with Crippen LogP contribution in [0.15, 0.2) is 29.2 Å². The van der Waals surface area contributed by atoms with E-state index in [1.54, 1.807) is 28.8 Å². The lowest BCUT2D eigenvalue weighted by Crippen LogP contribution is -2.51. The number of nitrogens with zero attached hydrogens (tertiary/aromatic N) is 1. The van der Waals surface area contributed by atoms with Crippen LogP contribution < -0.4 is 5.32 Å². The summed E-state index contributed by atoms with van der Waals surface area (Å²) in [5, 5.41) is 2.93. The summed E-state index contributed by atoms with van der Waals surface area (Å²) in [6, 6.07) is 6.09. The molecule has 1 atom stereocenters. The molecule has 126 valence electrons. The van der Waals surface area contributed by atoms with E-state index in [2.05, 4.69) is 5.32 Å². The maximum Gasteiger partial charge on any atom is 0.242 e. The smallest absolute Gasteiger partial charge is 0.242 e. The first-order valence-corrected chi connectivity index (χ1v) is 9.00. The van der Waals surface area contributed by atoms with Crippen molar-refractivity contribution in [1.29, 1.82) is 0 Å². The van der Waals surface area contributed by atoms with Crippen LogP contribution in [-0.4, -0.2) is 41.6 Å². The lowest BCUT2D eigenvalue weighted by molar-refractivity contribution is -0.140. The number of rotatable bonds is 6. The van der Waals surface area contributed by atoms with Crippen LogP contribution in [0.1, 0.15) is 32.6 Å². The van der Waals surface area contributed by atoms with Gasteiger partial charge in [0.25, 0.3) is 0 Å². The molecule has 0 bridgehead atoms. The summed E-state index contributed by atoms with van der Waals surface area (Å²) in [7, 11) is 0. The van der Waals surface area contributed by atoms with E-state index >= 15 is 0 Å². The number of hydrogen-bond acceptors (Lipinski definition) is 3. The molecule has 0 unspecified atom stereocenters. The molecule has 0 saturated carbocycles. The number of thioether (sulfide) groups is 1. The second-order valence-corrected chi connectivity index (χ2v) is 6.84. The van der Waals surface area contributed by atoms with E-state index in [4.69, 9.17) is 0 Å². The largest absolute Gasteiger partial charge is 0.354 e. The zero-order valence-electron chi connectivity index (χ0n) is 13.4. The third kappa shape index (κ3) is 5.53. The van der Waals surface area contributed by atoms with Crippen LogP contribution in [0.2, 0.25) is 0 Å². The average molecular weight is 338 g/mol. The number of carbonyl (C=O) groups is 2. The highest BCUT2D eigenvalue weighted by Gasteiger charge is 2.29. The standard InChI is InChI=1S/C17H23FN2O2S/c1-13(21)20-11-3-2-5-16(20)17(22)19-10-4-12-23-15-8-6-14(18)7-9-15/h6-9,16H,2-5,10-12H2,1H3,(H,19,22)/t16-/m1/s1. The Hall–Kier alpha value is -1.56. The van der Waals surface area contributed by atoms with Crippen molar-refractivity contribution in [2.24, 2.45) is 0 Å². The average Bonchev–Trinajstić information content (AvgIpc) is 2.56. The summed E-state index contributed by atoms with van der Waals surface area (Å²) in [6.07, 6.45) is 3.54. The van der Waals surface area contributed by atoms with Crippen LogP contribution in [0.5, 0.6) is 0 Å². The zero-order valence-corrected chi connectivity index (χ0v) is 14.2. The molecule has 0 aliphatic carbocycles. The number of benzene rings is 1. The second kappa shape index (κ2) is 8.91. The van der Waals surface area contributed by atoms with E-state index in [9.17, 15) is 14.0 Å². The summed E-state index contributed by atoms with van der Waals surface area (Å²) < 4.78 is 12.8. The van der Waals surface area contributed by atoms with E-state index in [1.165, 1.54) is 19.1 Å². The number of likely N-dealkylation sites (tertiary alicyclic amines) is 1. The van der Waals surface area contributed by atoms with Crippen molar-refractivity contribution in [3.8, 4) is 0 Å². The molecule has 1 aliphatic heterocycles. The Morgan fingerprint density at radius 1 is 1.30 bits per heavy atom. The Bertz CT molecular complexity index is 536. The van der Waals surface area contributed by atoms with Crippen molar-refractivity contribution in [1.82, 2.24) is 10.2 Å². The predicted octanol–water partition coefficient (Wildman–Crippen LogP) is 2.83. The third-order valence-corrected chi connectivity index (χ3v) is 5.01. The molecule has 4 nitrogen and oxygen atoms in total. The molecule has 0 radical (unpaired) electrons. The van der Waals surface area contributed by atoms with Crippen LogP contribution in [0.4, 0.5) is 4.39 Å². The van der Waals surface area contributed by atoms with Crippen molar-refractivity contribution in [2.75, 3.05) is 18.8 Å². The van der Waals surface area contributed by atoms with Gasteiger partial charge in [0.05, 0.1) is 0 Å². The minimum atomic E-state index is -0.314. The number of halogens is 1. The van der Waals surface area contributed by atoms with Gasteiger partial charge in [-0.15, -0.1) is 11.8 Å². The van der Waals surface area contributed by atoms with Crippen molar-refractivity contribution in [3.05, 3.63) is 30.1 Å². The Kier molecular flexibility index (Phi) is 6.89. The summed E-state index contributed by atoms with van der Waals surface area (Å²) in [5.74, 6) is 0.542. The summed E-state index contributed by atoms with van der Waals surface area (Å²) >= 11 is 1.64. The van der Waals surface area contributed by atoms with E-state index in [1.807, 2.05) is 0 Å². The Morgan fingerprint density at radius 2 is 2.04 bits per heavy atom. The molecular formula is C17H23FN2O2S. The van der Waals surface area contributed by atoms with E-state index in [0.717, 1.165) is 36.3 Å². The van der Waals surface area contributed by atoms with Gasteiger partial charge in [-0.1, -0.05) is 0 Å². The molecule has 1 aromatic carbocycles.